The van der Waals surface area contributed by atoms with Crippen molar-refractivity contribution in [2.45, 2.75) is 4.90 Å². The maximum Gasteiger partial charge on any atom is 0.185 e. The van der Waals surface area contributed by atoms with Crippen LogP contribution >= 0.6 is 46.0 Å². The normalized spacial score (nSPS) is 10.3. The Kier molecular flexibility index (Phi) is 7.45. The number of ether oxygens (including phenoxy) is 2. The van der Waals surface area contributed by atoms with Gasteiger partial charge in [0, 0.05) is 21.2 Å². The number of ketones is 1. The molecule has 126 valence electrons. The van der Waals surface area contributed by atoms with Crippen LogP contribution in [0.5, 0.6) is 11.5 Å². The van der Waals surface area contributed by atoms with Crippen LogP contribution in [0, 0.1) is 3.57 Å². The molecule has 0 radical (unpaired) electrons. The highest BCUT2D eigenvalue weighted by Gasteiger charge is 2.14. The van der Waals surface area contributed by atoms with E-state index in [2.05, 4.69) is 29.2 Å². The van der Waals surface area contributed by atoms with E-state index < -0.39 is 0 Å². The van der Waals surface area contributed by atoms with Gasteiger partial charge in [-0.3, -0.25) is 4.79 Å². The van der Waals surface area contributed by atoms with E-state index in [-0.39, 0.29) is 5.78 Å². The minimum Gasteiger partial charge on any atom is -0.493 e. The highest BCUT2D eigenvalue weighted by Crippen LogP contribution is 2.34. The highest BCUT2D eigenvalue weighted by molar-refractivity contribution is 14.1. The molecule has 0 heterocycles. The molecule has 0 N–H and O–H groups in total. The SMILES string of the molecule is C=CC(=O)c1cc(I)c(OCCSc2ccc(Cl)cc2)c(OC)c1. The lowest BCUT2D eigenvalue weighted by Crippen LogP contribution is -2.05. The van der Waals surface area contributed by atoms with Crippen molar-refractivity contribution in [3.05, 3.63) is 63.2 Å². The Bertz CT molecular complexity index is 732. The predicted molar refractivity (Wildman–Crippen MR) is 108 cm³/mol. The molecule has 6 heteroatoms. The molecule has 2 aromatic carbocycles. The van der Waals surface area contributed by atoms with Crippen molar-refractivity contribution in [3.63, 3.8) is 0 Å². The number of allylic oxidation sites excluding steroid dienone is 1. The third kappa shape index (κ3) is 5.16. The van der Waals surface area contributed by atoms with E-state index in [1.54, 1.807) is 31.0 Å². The molecule has 0 bridgehead atoms. The van der Waals surface area contributed by atoms with E-state index in [0.717, 1.165) is 19.2 Å². The molecule has 3 nitrogen and oxygen atoms in total. The molecule has 0 saturated heterocycles. The first-order valence-electron chi connectivity index (χ1n) is 7.10. The van der Waals surface area contributed by atoms with Crippen LogP contribution in [0.1, 0.15) is 10.4 Å². The number of benzene rings is 2. The maximum absolute atomic E-state index is 11.8. The Morgan fingerprint density at radius 2 is 2.04 bits per heavy atom. The van der Waals surface area contributed by atoms with Crippen LogP contribution in [0.3, 0.4) is 0 Å². The first-order chi connectivity index (χ1) is 11.5. The predicted octanol–water partition coefficient (Wildman–Crippen LogP) is 5.49. The molecule has 0 aromatic heterocycles. The van der Waals surface area contributed by atoms with E-state index in [9.17, 15) is 4.79 Å². The summed E-state index contributed by atoms with van der Waals surface area (Å²) in [4.78, 5) is 12.9. The zero-order chi connectivity index (χ0) is 17.5. The molecule has 0 spiro atoms. The summed E-state index contributed by atoms with van der Waals surface area (Å²) in [6.45, 7) is 4.03. The number of carbonyl (C=O) groups is 1. The average Bonchev–Trinajstić information content (AvgIpc) is 2.60. The van der Waals surface area contributed by atoms with Crippen LogP contribution in [0.25, 0.3) is 0 Å². The summed E-state index contributed by atoms with van der Waals surface area (Å²) in [7, 11) is 1.56. The fourth-order valence-corrected chi connectivity index (χ4v) is 3.57. The number of thioether (sulfide) groups is 1. The zero-order valence-corrected chi connectivity index (χ0v) is 16.8. The standard InChI is InChI=1S/C18H16ClIO3S/c1-3-16(21)12-10-15(20)18(17(11-12)22-2)23-8-9-24-14-6-4-13(19)5-7-14/h3-7,10-11H,1,8-9H2,2H3. The van der Waals surface area contributed by atoms with Crippen molar-refractivity contribution in [2.24, 2.45) is 0 Å². The lowest BCUT2D eigenvalue weighted by atomic mass is 10.1. The van der Waals surface area contributed by atoms with E-state index in [4.69, 9.17) is 21.1 Å². The molecule has 0 aliphatic carbocycles. The van der Waals surface area contributed by atoms with Gasteiger partial charge in [-0.2, -0.15) is 0 Å². The lowest BCUT2D eigenvalue weighted by Gasteiger charge is -2.13. The van der Waals surface area contributed by atoms with Gasteiger partial charge in [0.25, 0.3) is 0 Å². The van der Waals surface area contributed by atoms with E-state index >= 15 is 0 Å². The number of rotatable bonds is 8. The molecule has 0 aliphatic rings. The van der Waals surface area contributed by atoms with Crippen molar-refractivity contribution in [1.82, 2.24) is 0 Å². The van der Waals surface area contributed by atoms with E-state index in [1.807, 2.05) is 24.3 Å². The molecule has 0 saturated carbocycles. The van der Waals surface area contributed by atoms with Gasteiger partial charge in [-0.25, -0.2) is 0 Å². The van der Waals surface area contributed by atoms with Crippen molar-refractivity contribution in [2.75, 3.05) is 19.5 Å². The Morgan fingerprint density at radius 3 is 2.67 bits per heavy atom. The number of methoxy groups -OCH3 is 1. The summed E-state index contributed by atoms with van der Waals surface area (Å²) in [6, 6.07) is 11.1. The first-order valence-corrected chi connectivity index (χ1v) is 9.55. The van der Waals surface area contributed by atoms with Gasteiger partial charge < -0.3 is 9.47 Å². The average molecular weight is 475 g/mol. The van der Waals surface area contributed by atoms with Gasteiger partial charge in [-0.05, 0) is 65.1 Å². The zero-order valence-electron chi connectivity index (χ0n) is 13.1. The number of hydrogen-bond acceptors (Lipinski definition) is 4. The minimum absolute atomic E-state index is 0.143. The third-order valence-electron chi connectivity index (χ3n) is 3.11. The number of hydrogen-bond donors (Lipinski definition) is 0. The van der Waals surface area contributed by atoms with E-state index in [1.165, 1.54) is 6.08 Å². The maximum atomic E-state index is 11.8. The van der Waals surface area contributed by atoms with Crippen LogP contribution in [0.15, 0.2) is 53.9 Å². The van der Waals surface area contributed by atoms with Crippen molar-refractivity contribution >= 4 is 51.7 Å². The third-order valence-corrected chi connectivity index (χ3v) is 5.14. The van der Waals surface area contributed by atoms with Crippen molar-refractivity contribution in [3.8, 4) is 11.5 Å². The van der Waals surface area contributed by atoms with Gasteiger partial charge in [-0.1, -0.05) is 18.2 Å². The topological polar surface area (TPSA) is 35.5 Å². The fourth-order valence-electron chi connectivity index (χ4n) is 1.95. The summed E-state index contributed by atoms with van der Waals surface area (Å²) >= 11 is 9.69. The smallest absolute Gasteiger partial charge is 0.185 e. The second-order valence-electron chi connectivity index (χ2n) is 4.71. The second kappa shape index (κ2) is 9.34. The van der Waals surface area contributed by atoms with Crippen LogP contribution in [-0.2, 0) is 0 Å². The molecule has 2 aromatic rings. The van der Waals surface area contributed by atoms with Crippen LogP contribution < -0.4 is 9.47 Å². The monoisotopic (exact) mass is 474 g/mol. The quantitative estimate of drug-likeness (QED) is 0.167. The molecule has 0 atom stereocenters. The van der Waals surface area contributed by atoms with Gasteiger partial charge in [0.1, 0.15) is 0 Å². The molecular weight excluding hydrogens is 459 g/mol. The Morgan fingerprint density at radius 1 is 1.33 bits per heavy atom. The number of halogens is 2. The second-order valence-corrected chi connectivity index (χ2v) is 7.48. The van der Waals surface area contributed by atoms with Gasteiger partial charge in [-0.15, -0.1) is 11.8 Å². The van der Waals surface area contributed by atoms with Gasteiger partial charge in [0.15, 0.2) is 17.3 Å². The summed E-state index contributed by atoms with van der Waals surface area (Å²) in [5, 5.41) is 0.726. The molecule has 2 rings (SSSR count). The Balaban J connectivity index is 2.00. The Hall–Kier alpha value is -1.18. The van der Waals surface area contributed by atoms with Crippen LogP contribution in [-0.4, -0.2) is 25.3 Å². The molecule has 0 unspecified atom stereocenters. The summed E-state index contributed by atoms with van der Waals surface area (Å²) in [5.41, 5.74) is 0.536. The van der Waals surface area contributed by atoms with Crippen LogP contribution in [0.2, 0.25) is 5.02 Å². The highest BCUT2D eigenvalue weighted by atomic mass is 127. The molecule has 0 aliphatic heterocycles. The first kappa shape index (κ1) is 19.1. The van der Waals surface area contributed by atoms with E-state index in [0.29, 0.717) is 23.7 Å². The number of carbonyl (C=O) groups excluding carboxylic acids is 1. The van der Waals surface area contributed by atoms with Gasteiger partial charge >= 0.3 is 0 Å². The summed E-state index contributed by atoms with van der Waals surface area (Å²) < 4.78 is 12.0. The summed E-state index contributed by atoms with van der Waals surface area (Å²) in [5.74, 6) is 1.84. The molecule has 24 heavy (non-hydrogen) atoms. The molecule has 0 amide bonds. The summed E-state index contributed by atoms with van der Waals surface area (Å²) in [6.07, 6.45) is 1.29. The Labute approximate surface area is 164 Å². The van der Waals surface area contributed by atoms with Gasteiger partial charge in [0.05, 0.1) is 17.3 Å². The largest absolute Gasteiger partial charge is 0.493 e. The van der Waals surface area contributed by atoms with Crippen LogP contribution in [0.4, 0.5) is 0 Å². The molecule has 0 fully saturated rings. The van der Waals surface area contributed by atoms with Gasteiger partial charge in [0.2, 0.25) is 0 Å². The molecular formula is C18H16ClIO3S. The van der Waals surface area contributed by atoms with Crippen molar-refractivity contribution in [1.29, 1.82) is 0 Å². The lowest BCUT2D eigenvalue weighted by molar-refractivity contribution is 0.104. The minimum atomic E-state index is -0.143. The fraction of sp³-hybridized carbons (Fsp3) is 0.167. The van der Waals surface area contributed by atoms with Crippen molar-refractivity contribution < 1.29 is 14.3 Å².